The number of benzene rings is 1. The third-order valence-corrected chi connectivity index (χ3v) is 3.96. The van der Waals surface area contributed by atoms with E-state index in [0.29, 0.717) is 29.4 Å². The molecule has 7 heteroatoms. The maximum absolute atomic E-state index is 12.4. The summed E-state index contributed by atoms with van der Waals surface area (Å²) < 4.78 is 8.23. The standard InChI is InChI=1S/C14H12N4O2S/c1-2-8-15-13(20)14(6-7-14)16-12(19)9-4-3-5-10-11(9)18-21-17-10/h1,3-5H,6-8H2,(H,15,20)(H,16,19). The summed E-state index contributed by atoms with van der Waals surface area (Å²) in [4.78, 5) is 24.4. The number of hydrogen-bond acceptors (Lipinski definition) is 5. The van der Waals surface area contributed by atoms with Crippen LogP contribution in [0.2, 0.25) is 0 Å². The van der Waals surface area contributed by atoms with Crippen LogP contribution in [0, 0.1) is 12.3 Å². The average molecular weight is 300 g/mol. The molecule has 1 fully saturated rings. The van der Waals surface area contributed by atoms with E-state index >= 15 is 0 Å². The van der Waals surface area contributed by atoms with Crippen molar-refractivity contribution in [3.63, 3.8) is 0 Å². The van der Waals surface area contributed by atoms with Crippen LogP contribution >= 0.6 is 11.7 Å². The molecule has 1 aliphatic carbocycles. The second-order valence-electron chi connectivity index (χ2n) is 4.86. The molecule has 0 radical (unpaired) electrons. The summed E-state index contributed by atoms with van der Waals surface area (Å²) in [6.07, 6.45) is 6.34. The van der Waals surface area contributed by atoms with E-state index in [9.17, 15) is 9.59 Å². The fourth-order valence-electron chi connectivity index (χ4n) is 2.11. The highest BCUT2D eigenvalue weighted by molar-refractivity contribution is 7.00. The van der Waals surface area contributed by atoms with Gasteiger partial charge in [-0.15, -0.1) is 6.42 Å². The van der Waals surface area contributed by atoms with E-state index in [-0.39, 0.29) is 18.4 Å². The summed E-state index contributed by atoms with van der Waals surface area (Å²) >= 11 is 1.05. The smallest absolute Gasteiger partial charge is 0.254 e. The van der Waals surface area contributed by atoms with Gasteiger partial charge >= 0.3 is 0 Å². The Balaban J connectivity index is 1.79. The highest BCUT2D eigenvalue weighted by Crippen LogP contribution is 2.36. The van der Waals surface area contributed by atoms with Crippen molar-refractivity contribution < 1.29 is 9.59 Å². The van der Waals surface area contributed by atoms with Gasteiger partial charge in [0.15, 0.2) is 0 Å². The van der Waals surface area contributed by atoms with Gasteiger partial charge in [-0.3, -0.25) is 9.59 Å². The fourth-order valence-corrected chi connectivity index (χ4v) is 2.66. The van der Waals surface area contributed by atoms with Crippen LogP contribution in [0.25, 0.3) is 11.0 Å². The summed E-state index contributed by atoms with van der Waals surface area (Å²) in [5, 5.41) is 5.40. The molecule has 3 rings (SSSR count). The van der Waals surface area contributed by atoms with Gasteiger partial charge in [-0.2, -0.15) is 8.75 Å². The quantitative estimate of drug-likeness (QED) is 0.814. The molecule has 0 bridgehead atoms. The predicted molar refractivity (Wildman–Crippen MR) is 78.7 cm³/mol. The first-order valence-electron chi connectivity index (χ1n) is 6.42. The minimum absolute atomic E-state index is 0.155. The van der Waals surface area contributed by atoms with Gasteiger partial charge in [0.25, 0.3) is 5.91 Å². The van der Waals surface area contributed by atoms with Crippen molar-refractivity contribution in [2.24, 2.45) is 0 Å². The zero-order valence-electron chi connectivity index (χ0n) is 11.0. The van der Waals surface area contributed by atoms with E-state index in [4.69, 9.17) is 6.42 Å². The molecule has 0 unspecified atom stereocenters. The van der Waals surface area contributed by atoms with Gasteiger partial charge in [0.2, 0.25) is 5.91 Å². The highest BCUT2D eigenvalue weighted by atomic mass is 32.1. The van der Waals surface area contributed by atoms with E-state index in [1.54, 1.807) is 18.2 Å². The van der Waals surface area contributed by atoms with Crippen molar-refractivity contribution in [3.05, 3.63) is 23.8 Å². The highest BCUT2D eigenvalue weighted by Gasteiger charge is 2.51. The number of carbonyl (C=O) groups excluding carboxylic acids is 2. The van der Waals surface area contributed by atoms with Crippen LogP contribution in [0.4, 0.5) is 0 Å². The lowest BCUT2D eigenvalue weighted by Gasteiger charge is -2.16. The number of hydrogen-bond donors (Lipinski definition) is 2. The summed E-state index contributed by atoms with van der Waals surface area (Å²) in [5.41, 5.74) is 0.825. The van der Waals surface area contributed by atoms with E-state index in [1.807, 2.05) is 0 Å². The lowest BCUT2D eigenvalue weighted by atomic mass is 10.1. The van der Waals surface area contributed by atoms with E-state index in [2.05, 4.69) is 25.3 Å². The van der Waals surface area contributed by atoms with Crippen molar-refractivity contribution in [3.8, 4) is 12.3 Å². The Morgan fingerprint density at radius 3 is 2.90 bits per heavy atom. The fraction of sp³-hybridized carbons (Fsp3) is 0.286. The molecule has 0 aliphatic heterocycles. The van der Waals surface area contributed by atoms with Gasteiger partial charge in [0, 0.05) is 0 Å². The van der Waals surface area contributed by atoms with Crippen LogP contribution in [0.15, 0.2) is 18.2 Å². The second-order valence-corrected chi connectivity index (χ2v) is 5.39. The van der Waals surface area contributed by atoms with Gasteiger partial charge < -0.3 is 10.6 Å². The topological polar surface area (TPSA) is 84.0 Å². The van der Waals surface area contributed by atoms with Crippen LogP contribution in [-0.2, 0) is 4.79 Å². The van der Waals surface area contributed by atoms with Crippen LogP contribution < -0.4 is 10.6 Å². The van der Waals surface area contributed by atoms with Crippen LogP contribution in [0.3, 0.4) is 0 Å². The van der Waals surface area contributed by atoms with Crippen LogP contribution in [0.5, 0.6) is 0 Å². The average Bonchev–Trinajstić information content (AvgIpc) is 3.11. The Hall–Kier alpha value is -2.46. The number of terminal acetylenes is 1. The first-order valence-corrected chi connectivity index (χ1v) is 7.15. The number of amides is 2. The van der Waals surface area contributed by atoms with Gasteiger partial charge in [0.05, 0.1) is 23.8 Å². The predicted octanol–water partition coefficient (Wildman–Crippen LogP) is 0.703. The molecular weight excluding hydrogens is 288 g/mol. The molecule has 2 amide bonds. The Morgan fingerprint density at radius 2 is 2.19 bits per heavy atom. The molecule has 21 heavy (non-hydrogen) atoms. The maximum Gasteiger partial charge on any atom is 0.254 e. The van der Waals surface area contributed by atoms with Crippen LogP contribution in [-0.4, -0.2) is 32.6 Å². The molecule has 1 aliphatic rings. The largest absolute Gasteiger partial charge is 0.343 e. The third kappa shape index (κ3) is 2.45. The molecule has 0 spiro atoms. The Labute approximate surface area is 125 Å². The Bertz CT molecular complexity index is 758. The van der Waals surface area contributed by atoms with Gasteiger partial charge in [-0.1, -0.05) is 12.0 Å². The van der Waals surface area contributed by atoms with E-state index < -0.39 is 5.54 Å². The second kappa shape index (κ2) is 5.14. The minimum atomic E-state index is -0.834. The molecule has 106 valence electrons. The minimum Gasteiger partial charge on any atom is -0.343 e. The van der Waals surface area contributed by atoms with Crippen LogP contribution in [0.1, 0.15) is 23.2 Å². The molecule has 6 nitrogen and oxygen atoms in total. The molecule has 1 saturated carbocycles. The van der Waals surface area contributed by atoms with Crippen molar-refractivity contribution in [2.45, 2.75) is 18.4 Å². The Morgan fingerprint density at radius 1 is 1.38 bits per heavy atom. The number of nitrogens with zero attached hydrogens (tertiary/aromatic N) is 2. The summed E-state index contributed by atoms with van der Waals surface area (Å²) in [6, 6.07) is 5.22. The number of carbonyl (C=O) groups is 2. The molecule has 0 atom stereocenters. The zero-order chi connectivity index (χ0) is 14.9. The number of fused-ring (bicyclic) bond motifs is 1. The zero-order valence-corrected chi connectivity index (χ0v) is 11.9. The van der Waals surface area contributed by atoms with Crippen molar-refractivity contribution in [1.82, 2.24) is 19.4 Å². The monoisotopic (exact) mass is 300 g/mol. The van der Waals surface area contributed by atoms with Crippen molar-refractivity contribution in [1.29, 1.82) is 0 Å². The Kier molecular flexibility index (Phi) is 3.31. The maximum atomic E-state index is 12.4. The molecule has 2 aromatic rings. The number of aromatic nitrogens is 2. The summed E-state index contributed by atoms with van der Waals surface area (Å²) in [7, 11) is 0. The van der Waals surface area contributed by atoms with Crippen molar-refractivity contribution in [2.75, 3.05) is 6.54 Å². The molecule has 2 N–H and O–H groups in total. The van der Waals surface area contributed by atoms with Gasteiger partial charge in [-0.25, -0.2) is 0 Å². The number of rotatable bonds is 4. The normalized spacial score (nSPS) is 15.2. The van der Waals surface area contributed by atoms with Crippen molar-refractivity contribution >= 4 is 34.6 Å². The summed E-state index contributed by atoms with van der Waals surface area (Å²) in [6.45, 7) is 0.155. The van der Waals surface area contributed by atoms with E-state index in [0.717, 1.165) is 11.7 Å². The number of nitrogens with one attached hydrogen (secondary N) is 2. The lowest BCUT2D eigenvalue weighted by Crippen LogP contribution is -2.49. The summed E-state index contributed by atoms with van der Waals surface area (Å²) in [5.74, 6) is 1.79. The molecule has 1 aromatic carbocycles. The first-order chi connectivity index (χ1) is 10.2. The molecule has 0 saturated heterocycles. The SMILES string of the molecule is C#CCNC(=O)C1(NC(=O)c2cccc3nsnc23)CC1. The van der Waals surface area contributed by atoms with E-state index in [1.165, 1.54) is 0 Å². The molecule has 1 aromatic heterocycles. The van der Waals surface area contributed by atoms with Gasteiger partial charge in [-0.05, 0) is 25.0 Å². The first kappa shape index (κ1) is 13.5. The molecule has 1 heterocycles. The molecular formula is C14H12N4O2S. The van der Waals surface area contributed by atoms with Gasteiger partial charge in [0.1, 0.15) is 16.6 Å². The lowest BCUT2D eigenvalue weighted by molar-refractivity contribution is -0.123. The third-order valence-electron chi connectivity index (χ3n) is 3.42.